The van der Waals surface area contributed by atoms with Crippen molar-refractivity contribution in [1.82, 2.24) is 9.78 Å². The zero-order chi connectivity index (χ0) is 15.7. The van der Waals surface area contributed by atoms with Gasteiger partial charge in [0.1, 0.15) is 17.3 Å². The molecular formula is C17H13FN2O2. The smallest absolute Gasteiger partial charge is 0.200 e. The van der Waals surface area contributed by atoms with Gasteiger partial charge >= 0.3 is 0 Å². The Labute approximate surface area is 126 Å². The van der Waals surface area contributed by atoms with Gasteiger partial charge in [-0.15, -0.1) is 0 Å². The standard InChI is InChI=1S/C17H13FN2O2/c1-20-10-13(17(22)12-7-3-5-9-15(12)21)16(19-20)11-6-2-4-8-14(11)18/h2-10,21H,1H3. The lowest BCUT2D eigenvalue weighted by molar-refractivity contribution is 0.103. The fourth-order valence-electron chi connectivity index (χ4n) is 2.32. The van der Waals surface area contributed by atoms with Crippen LogP contribution in [-0.4, -0.2) is 20.7 Å². The van der Waals surface area contributed by atoms with Crippen LogP contribution in [0.2, 0.25) is 0 Å². The van der Waals surface area contributed by atoms with Crippen molar-refractivity contribution in [3.05, 3.63) is 71.7 Å². The van der Waals surface area contributed by atoms with Gasteiger partial charge in [-0.2, -0.15) is 5.10 Å². The summed E-state index contributed by atoms with van der Waals surface area (Å²) in [4.78, 5) is 12.7. The lowest BCUT2D eigenvalue weighted by Gasteiger charge is -2.05. The number of aromatic nitrogens is 2. The number of phenols is 1. The molecule has 110 valence electrons. The van der Waals surface area contributed by atoms with E-state index in [9.17, 15) is 14.3 Å². The lowest BCUT2D eigenvalue weighted by Crippen LogP contribution is -2.02. The van der Waals surface area contributed by atoms with Gasteiger partial charge in [-0.3, -0.25) is 9.48 Å². The Morgan fingerprint density at radius 1 is 1.09 bits per heavy atom. The van der Waals surface area contributed by atoms with Crippen molar-refractivity contribution in [3.63, 3.8) is 0 Å². The molecule has 3 aromatic rings. The highest BCUT2D eigenvalue weighted by atomic mass is 19.1. The van der Waals surface area contributed by atoms with Crippen LogP contribution in [0.25, 0.3) is 11.3 Å². The highest BCUT2D eigenvalue weighted by Gasteiger charge is 2.22. The molecule has 1 aromatic heterocycles. The summed E-state index contributed by atoms with van der Waals surface area (Å²) in [5.41, 5.74) is 0.915. The van der Waals surface area contributed by atoms with Gasteiger partial charge in [0.25, 0.3) is 0 Å². The van der Waals surface area contributed by atoms with Crippen molar-refractivity contribution in [2.24, 2.45) is 7.05 Å². The Morgan fingerprint density at radius 3 is 2.50 bits per heavy atom. The number of hydrogen-bond acceptors (Lipinski definition) is 3. The van der Waals surface area contributed by atoms with Crippen LogP contribution in [0.3, 0.4) is 0 Å². The molecule has 1 N–H and O–H groups in total. The van der Waals surface area contributed by atoms with Gasteiger partial charge in [0.2, 0.25) is 5.78 Å². The molecule has 3 rings (SSSR count). The molecule has 0 saturated carbocycles. The van der Waals surface area contributed by atoms with Gasteiger partial charge in [-0.05, 0) is 24.3 Å². The molecule has 0 radical (unpaired) electrons. The minimum atomic E-state index is -0.451. The molecule has 4 nitrogen and oxygen atoms in total. The van der Waals surface area contributed by atoms with Gasteiger partial charge in [0.15, 0.2) is 0 Å². The molecular weight excluding hydrogens is 283 g/mol. The second-order valence-corrected chi connectivity index (χ2v) is 4.89. The molecule has 0 aliphatic carbocycles. The number of phenolic OH excluding ortho intramolecular Hbond substituents is 1. The predicted molar refractivity (Wildman–Crippen MR) is 80.1 cm³/mol. The fraction of sp³-hybridized carbons (Fsp3) is 0.0588. The maximum absolute atomic E-state index is 14.0. The molecule has 0 spiro atoms. The normalized spacial score (nSPS) is 10.6. The number of para-hydroxylation sites is 1. The van der Waals surface area contributed by atoms with Crippen molar-refractivity contribution in [2.45, 2.75) is 0 Å². The topological polar surface area (TPSA) is 55.1 Å². The van der Waals surface area contributed by atoms with Gasteiger partial charge in [-0.25, -0.2) is 4.39 Å². The molecule has 0 aliphatic rings. The van der Waals surface area contributed by atoms with Crippen LogP contribution in [0.5, 0.6) is 5.75 Å². The van der Waals surface area contributed by atoms with Crippen LogP contribution in [0, 0.1) is 5.82 Å². The number of hydrogen-bond donors (Lipinski definition) is 1. The van der Waals surface area contributed by atoms with E-state index in [0.717, 1.165) is 0 Å². The second-order valence-electron chi connectivity index (χ2n) is 4.89. The lowest BCUT2D eigenvalue weighted by atomic mass is 9.99. The van der Waals surface area contributed by atoms with E-state index in [0.29, 0.717) is 0 Å². The third-order valence-corrected chi connectivity index (χ3v) is 3.35. The van der Waals surface area contributed by atoms with E-state index in [-0.39, 0.29) is 28.1 Å². The molecule has 1 heterocycles. The first-order valence-electron chi connectivity index (χ1n) is 6.69. The summed E-state index contributed by atoms with van der Waals surface area (Å²) in [6.07, 6.45) is 1.52. The van der Waals surface area contributed by atoms with Gasteiger partial charge in [0, 0.05) is 18.8 Å². The Hall–Kier alpha value is -2.95. The minimum Gasteiger partial charge on any atom is -0.507 e. The average Bonchev–Trinajstić information content (AvgIpc) is 2.89. The number of nitrogens with zero attached hydrogens (tertiary/aromatic N) is 2. The number of rotatable bonds is 3. The average molecular weight is 296 g/mol. The summed E-state index contributed by atoms with van der Waals surface area (Å²) in [6.45, 7) is 0. The summed E-state index contributed by atoms with van der Waals surface area (Å²) in [5.74, 6) is -0.965. The number of aryl methyl sites for hydroxylation is 1. The Balaban J connectivity index is 2.15. The van der Waals surface area contributed by atoms with Crippen LogP contribution in [0.15, 0.2) is 54.7 Å². The first-order chi connectivity index (χ1) is 10.6. The maximum Gasteiger partial charge on any atom is 0.200 e. The first kappa shape index (κ1) is 14.0. The quantitative estimate of drug-likeness (QED) is 0.755. The number of halogens is 1. The van der Waals surface area contributed by atoms with E-state index < -0.39 is 11.6 Å². The number of aromatic hydroxyl groups is 1. The van der Waals surface area contributed by atoms with Crippen molar-refractivity contribution in [2.75, 3.05) is 0 Å². The molecule has 0 unspecified atom stereocenters. The molecule has 2 aromatic carbocycles. The molecule has 0 bridgehead atoms. The Bertz CT molecular complexity index is 855. The molecule has 22 heavy (non-hydrogen) atoms. The van der Waals surface area contributed by atoms with Gasteiger partial charge in [0.05, 0.1) is 11.1 Å². The van der Waals surface area contributed by atoms with Crippen molar-refractivity contribution < 1.29 is 14.3 Å². The summed E-state index contributed by atoms with van der Waals surface area (Å²) in [6, 6.07) is 12.4. The van der Waals surface area contributed by atoms with E-state index >= 15 is 0 Å². The van der Waals surface area contributed by atoms with Crippen LogP contribution in [0.4, 0.5) is 4.39 Å². The predicted octanol–water partition coefficient (Wildman–Crippen LogP) is 3.16. The maximum atomic E-state index is 14.0. The largest absolute Gasteiger partial charge is 0.507 e. The third kappa shape index (κ3) is 2.37. The zero-order valence-electron chi connectivity index (χ0n) is 11.8. The summed E-state index contributed by atoms with van der Waals surface area (Å²) >= 11 is 0. The third-order valence-electron chi connectivity index (χ3n) is 3.35. The van der Waals surface area contributed by atoms with E-state index in [1.165, 1.54) is 29.1 Å². The second kappa shape index (κ2) is 5.44. The van der Waals surface area contributed by atoms with Crippen LogP contribution in [0.1, 0.15) is 15.9 Å². The molecule has 0 amide bonds. The Morgan fingerprint density at radius 2 is 1.77 bits per heavy atom. The number of benzene rings is 2. The van der Waals surface area contributed by atoms with Gasteiger partial charge < -0.3 is 5.11 Å². The van der Waals surface area contributed by atoms with Crippen molar-refractivity contribution >= 4 is 5.78 Å². The van der Waals surface area contributed by atoms with Gasteiger partial charge in [-0.1, -0.05) is 24.3 Å². The van der Waals surface area contributed by atoms with E-state index in [1.54, 1.807) is 37.4 Å². The van der Waals surface area contributed by atoms with Crippen molar-refractivity contribution in [3.8, 4) is 17.0 Å². The summed E-state index contributed by atoms with van der Waals surface area (Å²) in [5, 5.41) is 14.0. The fourth-order valence-corrected chi connectivity index (χ4v) is 2.32. The van der Waals surface area contributed by atoms with Crippen LogP contribution < -0.4 is 0 Å². The van der Waals surface area contributed by atoms with Crippen molar-refractivity contribution in [1.29, 1.82) is 0 Å². The molecule has 0 aliphatic heterocycles. The number of ketones is 1. The first-order valence-corrected chi connectivity index (χ1v) is 6.69. The number of carbonyl (C=O) groups is 1. The highest BCUT2D eigenvalue weighted by molar-refractivity contribution is 6.13. The van der Waals surface area contributed by atoms with E-state index in [1.807, 2.05) is 0 Å². The van der Waals surface area contributed by atoms with Crippen LogP contribution >= 0.6 is 0 Å². The number of carbonyl (C=O) groups excluding carboxylic acids is 1. The monoisotopic (exact) mass is 296 g/mol. The summed E-state index contributed by atoms with van der Waals surface area (Å²) in [7, 11) is 1.66. The highest BCUT2D eigenvalue weighted by Crippen LogP contribution is 2.28. The van der Waals surface area contributed by atoms with E-state index in [2.05, 4.69) is 5.10 Å². The SMILES string of the molecule is Cn1cc(C(=O)c2ccccc2O)c(-c2ccccc2F)n1. The molecule has 0 fully saturated rings. The molecule has 0 saturated heterocycles. The molecule has 0 atom stereocenters. The minimum absolute atomic E-state index is 0.115. The Kier molecular flexibility index (Phi) is 3.47. The van der Waals surface area contributed by atoms with E-state index in [4.69, 9.17) is 0 Å². The summed E-state index contributed by atoms with van der Waals surface area (Å²) < 4.78 is 15.5. The molecule has 5 heteroatoms. The zero-order valence-corrected chi connectivity index (χ0v) is 11.8. The van der Waals surface area contributed by atoms with Crippen LogP contribution in [-0.2, 0) is 7.05 Å².